The average Bonchev–Trinajstić information content (AvgIpc) is 2.43. The summed E-state index contributed by atoms with van der Waals surface area (Å²) >= 11 is 0. The second kappa shape index (κ2) is 3.81. The molecule has 0 heterocycles. The highest BCUT2D eigenvalue weighted by Crippen LogP contribution is 2.51. The van der Waals surface area contributed by atoms with Gasteiger partial charge in [0.2, 0.25) is 0 Å². The first-order chi connectivity index (χ1) is 7.03. The Morgan fingerprint density at radius 2 is 1.93 bits per heavy atom. The highest BCUT2D eigenvalue weighted by Gasteiger charge is 2.36. The van der Waals surface area contributed by atoms with Crippen LogP contribution in [0.5, 0.6) is 0 Å². The van der Waals surface area contributed by atoms with Crippen molar-refractivity contribution in [2.75, 3.05) is 0 Å². The number of hydrogen-bond acceptors (Lipinski definition) is 0. The number of fused-ring (bicyclic) bond motifs is 1. The molecule has 0 fully saturated rings. The van der Waals surface area contributed by atoms with E-state index < -0.39 is 0 Å². The minimum atomic E-state index is 0.511. The van der Waals surface area contributed by atoms with Crippen molar-refractivity contribution in [2.24, 2.45) is 11.3 Å². The first-order valence-electron chi connectivity index (χ1n) is 6.41. The van der Waals surface area contributed by atoms with Crippen LogP contribution in [0, 0.1) is 11.3 Å². The summed E-state index contributed by atoms with van der Waals surface area (Å²) in [6, 6.07) is 0. The summed E-state index contributed by atoms with van der Waals surface area (Å²) in [4.78, 5) is 0. The molecule has 0 aromatic rings. The molecule has 0 spiro atoms. The van der Waals surface area contributed by atoms with Crippen LogP contribution in [0.4, 0.5) is 0 Å². The van der Waals surface area contributed by atoms with E-state index >= 15 is 0 Å². The van der Waals surface area contributed by atoms with E-state index in [-0.39, 0.29) is 0 Å². The lowest BCUT2D eigenvalue weighted by molar-refractivity contribution is 0.393. The van der Waals surface area contributed by atoms with Gasteiger partial charge in [-0.1, -0.05) is 43.6 Å². The Morgan fingerprint density at radius 1 is 1.20 bits per heavy atom. The molecule has 2 aliphatic carbocycles. The number of rotatable bonds is 1. The lowest BCUT2D eigenvalue weighted by atomic mass is 9.79. The Morgan fingerprint density at radius 3 is 2.60 bits per heavy atom. The van der Waals surface area contributed by atoms with Crippen LogP contribution in [-0.2, 0) is 0 Å². The van der Waals surface area contributed by atoms with Crippen LogP contribution in [0.15, 0.2) is 22.8 Å². The lowest BCUT2D eigenvalue weighted by Crippen LogP contribution is -2.14. The minimum absolute atomic E-state index is 0.511. The molecular weight excluding hydrogens is 180 g/mol. The predicted molar refractivity (Wildman–Crippen MR) is 66.8 cm³/mol. The van der Waals surface area contributed by atoms with Crippen LogP contribution in [0.25, 0.3) is 0 Å². The molecule has 0 radical (unpaired) electrons. The minimum Gasteiger partial charge on any atom is -0.0847 e. The summed E-state index contributed by atoms with van der Waals surface area (Å²) in [6.07, 6.45) is 9.13. The highest BCUT2D eigenvalue weighted by molar-refractivity contribution is 5.32. The average molecular weight is 204 g/mol. The largest absolute Gasteiger partial charge is 0.0847 e. The fraction of sp³-hybridized carbons (Fsp3) is 0.733. The van der Waals surface area contributed by atoms with E-state index in [1.807, 2.05) is 5.57 Å². The van der Waals surface area contributed by atoms with E-state index in [0.29, 0.717) is 5.41 Å². The van der Waals surface area contributed by atoms with Crippen molar-refractivity contribution in [3.05, 3.63) is 22.8 Å². The summed E-state index contributed by atoms with van der Waals surface area (Å²) in [5.41, 5.74) is 5.70. The maximum Gasteiger partial charge on any atom is -0.00759 e. The van der Waals surface area contributed by atoms with Crippen molar-refractivity contribution in [3.8, 4) is 0 Å². The second-order valence-electron chi connectivity index (χ2n) is 5.97. The van der Waals surface area contributed by atoms with E-state index in [1.165, 1.54) is 32.1 Å². The van der Waals surface area contributed by atoms with Crippen LogP contribution in [0.3, 0.4) is 0 Å². The van der Waals surface area contributed by atoms with Crippen LogP contribution < -0.4 is 0 Å². The van der Waals surface area contributed by atoms with Gasteiger partial charge in [0.1, 0.15) is 0 Å². The quantitative estimate of drug-likeness (QED) is 0.535. The van der Waals surface area contributed by atoms with Gasteiger partial charge in [0.05, 0.1) is 0 Å². The van der Waals surface area contributed by atoms with Gasteiger partial charge in [-0.25, -0.2) is 0 Å². The molecule has 0 nitrogen and oxygen atoms in total. The van der Waals surface area contributed by atoms with Crippen molar-refractivity contribution in [1.29, 1.82) is 0 Å². The maximum absolute atomic E-state index is 2.48. The lowest BCUT2D eigenvalue weighted by Gasteiger charge is -2.26. The second-order valence-corrected chi connectivity index (χ2v) is 5.97. The summed E-state index contributed by atoms with van der Waals surface area (Å²) in [6.45, 7) is 9.49. The van der Waals surface area contributed by atoms with E-state index in [0.717, 1.165) is 5.92 Å². The number of hydrogen-bond donors (Lipinski definition) is 0. The van der Waals surface area contributed by atoms with Gasteiger partial charge in [-0.3, -0.25) is 0 Å². The third kappa shape index (κ3) is 1.91. The van der Waals surface area contributed by atoms with Gasteiger partial charge in [-0.2, -0.15) is 0 Å². The van der Waals surface area contributed by atoms with Gasteiger partial charge in [0.25, 0.3) is 0 Å². The Balaban J connectivity index is 2.34. The molecular formula is C15H24. The molecule has 0 saturated carbocycles. The zero-order valence-corrected chi connectivity index (χ0v) is 10.7. The molecule has 0 aromatic heterocycles. The molecule has 0 saturated heterocycles. The zero-order valence-electron chi connectivity index (χ0n) is 10.7. The fourth-order valence-electron chi connectivity index (χ4n) is 3.25. The first-order valence-corrected chi connectivity index (χ1v) is 6.41. The van der Waals surface area contributed by atoms with Gasteiger partial charge < -0.3 is 0 Å². The van der Waals surface area contributed by atoms with Gasteiger partial charge >= 0.3 is 0 Å². The normalized spacial score (nSPS) is 31.7. The first kappa shape index (κ1) is 11.0. The Bertz CT molecular complexity index is 317. The molecule has 0 bridgehead atoms. The monoisotopic (exact) mass is 204 g/mol. The van der Waals surface area contributed by atoms with Crippen molar-refractivity contribution in [1.82, 2.24) is 0 Å². The SMILES string of the molecule is CC1=CCC2(C)CCC(C(C)C)=C2CC1. The van der Waals surface area contributed by atoms with Crippen molar-refractivity contribution < 1.29 is 0 Å². The molecule has 2 aliphatic rings. The molecule has 15 heavy (non-hydrogen) atoms. The molecule has 0 aliphatic heterocycles. The zero-order chi connectivity index (χ0) is 11.1. The maximum atomic E-state index is 2.48. The third-order valence-corrected chi connectivity index (χ3v) is 4.43. The number of allylic oxidation sites excluding steroid dienone is 4. The van der Waals surface area contributed by atoms with Crippen LogP contribution in [-0.4, -0.2) is 0 Å². The fourth-order valence-corrected chi connectivity index (χ4v) is 3.25. The summed E-state index contributed by atoms with van der Waals surface area (Å²) < 4.78 is 0. The Hall–Kier alpha value is -0.520. The smallest absolute Gasteiger partial charge is 0.00759 e. The molecule has 84 valence electrons. The van der Waals surface area contributed by atoms with Gasteiger partial charge in [0.15, 0.2) is 0 Å². The molecule has 0 heteroatoms. The van der Waals surface area contributed by atoms with Crippen molar-refractivity contribution in [3.63, 3.8) is 0 Å². The van der Waals surface area contributed by atoms with E-state index in [4.69, 9.17) is 0 Å². The third-order valence-electron chi connectivity index (χ3n) is 4.43. The van der Waals surface area contributed by atoms with E-state index in [9.17, 15) is 0 Å². The molecule has 1 atom stereocenters. The van der Waals surface area contributed by atoms with Gasteiger partial charge in [-0.05, 0) is 50.4 Å². The van der Waals surface area contributed by atoms with Crippen molar-refractivity contribution >= 4 is 0 Å². The van der Waals surface area contributed by atoms with Crippen LogP contribution in [0.2, 0.25) is 0 Å². The summed E-state index contributed by atoms with van der Waals surface area (Å²) in [5, 5.41) is 0. The molecule has 2 rings (SSSR count). The van der Waals surface area contributed by atoms with Gasteiger partial charge in [0, 0.05) is 0 Å². The highest BCUT2D eigenvalue weighted by atomic mass is 14.4. The molecule has 0 aromatic carbocycles. The van der Waals surface area contributed by atoms with Crippen LogP contribution in [0.1, 0.15) is 59.8 Å². The van der Waals surface area contributed by atoms with Gasteiger partial charge in [-0.15, -0.1) is 0 Å². The van der Waals surface area contributed by atoms with Crippen LogP contribution >= 0.6 is 0 Å². The Labute approximate surface area is 94.5 Å². The molecule has 1 unspecified atom stereocenters. The topological polar surface area (TPSA) is 0 Å². The summed E-state index contributed by atoms with van der Waals surface area (Å²) in [7, 11) is 0. The van der Waals surface area contributed by atoms with Crippen molar-refractivity contribution in [2.45, 2.75) is 59.8 Å². The predicted octanol–water partition coefficient (Wildman–Crippen LogP) is 4.87. The Kier molecular flexibility index (Phi) is 2.79. The molecule has 0 N–H and O–H groups in total. The standard InChI is InChI=1S/C15H24/c1-11(2)13-8-10-15(4)9-7-12(3)5-6-14(13)15/h7,11H,5-6,8-10H2,1-4H3. The molecule has 0 amide bonds. The van der Waals surface area contributed by atoms with E-state index in [1.54, 1.807) is 11.1 Å². The van der Waals surface area contributed by atoms with E-state index in [2.05, 4.69) is 33.8 Å². The summed E-state index contributed by atoms with van der Waals surface area (Å²) in [5.74, 6) is 0.764.